The Morgan fingerprint density at radius 3 is 3.00 bits per heavy atom. The molecule has 1 N–H and O–H groups in total. The van der Waals surface area contributed by atoms with Crippen molar-refractivity contribution in [3.63, 3.8) is 0 Å². The summed E-state index contributed by atoms with van der Waals surface area (Å²) in [7, 11) is 1.59. The van der Waals surface area contributed by atoms with Gasteiger partial charge in [0.25, 0.3) is 0 Å². The van der Waals surface area contributed by atoms with Gasteiger partial charge in [-0.2, -0.15) is 5.10 Å². The summed E-state index contributed by atoms with van der Waals surface area (Å²) in [5.41, 5.74) is 1.66. The normalized spacial score (nSPS) is 9.94. The van der Waals surface area contributed by atoms with Gasteiger partial charge in [0.2, 0.25) is 5.69 Å². The highest BCUT2D eigenvalue weighted by molar-refractivity contribution is 5.89. The van der Waals surface area contributed by atoms with Crippen molar-refractivity contribution in [3.05, 3.63) is 29.2 Å². The highest BCUT2D eigenvalue weighted by Crippen LogP contribution is 2.33. The van der Waals surface area contributed by atoms with Crippen LogP contribution in [0.2, 0.25) is 0 Å². The smallest absolute Gasteiger partial charge is 0.228 e. The van der Waals surface area contributed by atoms with Crippen molar-refractivity contribution in [3.8, 4) is 18.1 Å². The minimum atomic E-state index is 0.386. The molecule has 18 heavy (non-hydrogen) atoms. The first-order valence-electron chi connectivity index (χ1n) is 5.28. The zero-order valence-corrected chi connectivity index (χ0v) is 9.86. The molecule has 0 fully saturated rings. The lowest BCUT2D eigenvalue weighted by molar-refractivity contribution is 0.147. The van der Waals surface area contributed by atoms with E-state index in [1.54, 1.807) is 19.2 Å². The number of aromatic nitrogens is 2. The number of fused-ring (bicyclic) bond motifs is 1. The standard InChI is InChI=1S/C13H11N3O2/c1-4-10-9-7-12(14-2)13(18-6-5-17-3)8-11(9)16-15-10/h1,7-8H,5-6H2,3H3,(H,15,16). The zero-order valence-electron chi connectivity index (χ0n) is 9.86. The number of H-pyrrole nitrogens is 1. The molecule has 2 aromatic rings. The molecule has 5 heteroatoms. The third kappa shape index (κ3) is 2.13. The quantitative estimate of drug-likeness (QED) is 0.506. The van der Waals surface area contributed by atoms with Crippen LogP contribution in [0.15, 0.2) is 12.1 Å². The number of terminal acetylenes is 1. The van der Waals surface area contributed by atoms with Gasteiger partial charge >= 0.3 is 0 Å². The Bertz CT molecular complexity index is 647. The Morgan fingerprint density at radius 2 is 2.33 bits per heavy atom. The lowest BCUT2D eigenvalue weighted by Gasteiger charge is -2.07. The molecule has 1 aromatic heterocycles. The molecule has 0 amide bonds. The van der Waals surface area contributed by atoms with Gasteiger partial charge in [0.05, 0.1) is 18.7 Å². The molecule has 90 valence electrons. The van der Waals surface area contributed by atoms with Crippen LogP contribution in [0, 0.1) is 18.9 Å². The van der Waals surface area contributed by atoms with E-state index in [2.05, 4.69) is 21.0 Å². The van der Waals surface area contributed by atoms with E-state index in [9.17, 15) is 0 Å². The second kappa shape index (κ2) is 5.22. The molecule has 0 saturated heterocycles. The number of hydrogen-bond donors (Lipinski definition) is 1. The molecule has 0 bridgehead atoms. The first kappa shape index (κ1) is 12.0. The molecule has 0 radical (unpaired) electrons. The fraction of sp³-hybridized carbons (Fsp3) is 0.231. The number of ether oxygens (including phenoxy) is 2. The van der Waals surface area contributed by atoms with E-state index in [4.69, 9.17) is 22.5 Å². The van der Waals surface area contributed by atoms with E-state index >= 15 is 0 Å². The van der Waals surface area contributed by atoms with Crippen molar-refractivity contribution < 1.29 is 9.47 Å². The number of hydrogen-bond acceptors (Lipinski definition) is 3. The van der Waals surface area contributed by atoms with Crippen molar-refractivity contribution in [1.29, 1.82) is 0 Å². The van der Waals surface area contributed by atoms with Gasteiger partial charge in [0, 0.05) is 12.5 Å². The first-order valence-corrected chi connectivity index (χ1v) is 5.28. The van der Waals surface area contributed by atoms with Crippen LogP contribution in [0.25, 0.3) is 15.7 Å². The molecule has 0 aliphatic carbocycles. The highest BCUT2D eigenvalue weighted by atomic mass is 16.5. The number of nitrogens with one attached hydrogen (secondary N) is 1. The van der Waals surface area contributed by atoms with E-state index in [-0.39, 0.29) is 0 Å². The van der Waals surface area contributed by atoms with Crippen molar-refractivity contribution in [2.75, 3.05) is 20.3 Å². The average Bonchev–Trinajstić information content (AvgIpc) is 2.80. The summed E-state index contributed by atoms with van der Waals surface area (Å²) in [6.07, 6.45) is 5.34. The van der Waals surface area contributed by atoms with Crippen LogP contribution < -0.4 is 4.74 Å². The maximum absolute atomic E-state index is 7.15. The highest BCUT2D eigenvalue weighted by Gasteiger charge is 2.10. The summed E-state index contributed by atoms with van der Waals surface area (Å²) in [6, 6.07) is 3.39. The van der Waals surface area contributed by atoms with Gasteiger partial charge in [-0.05, 0) is 12.1 Å². The molecule has 0 unspecified atom stereocenters. The van der Waals surface area contributed by atoms with Gasteiger partial charge in [-0.15, -0.1) is 6.42 Å². The Hall–Kier alpha value is -2.50. The molecule has 2 rings (SSSR count). The van der Waals surface area contributed by atoms with Crippen LogP contribution >= 0.6 is 0 Å². The Morgan fingerprint density at radius 1 is 1.50 bits per heavy atom. The Labute approximate surface area is 105 Å². The molecule has 0 spiro atoms. The second-order valence-electron chi connectivity index (χ2n) is 3.53. The maximum Gasteiger partial charge on any atom is 0.228 e. The fourth-order valence-electron chi connectivity index (χ4n) is 1.57. The molecular weight excluding hydrogens is 230 g/mol. The SMILES string of the molecule is [C-]#[N+]c1cc2c(C#C)[nH]nc2cc1OCCOC. The van der Waals surface area contributed by atoms with Crippen molar-refractivity contribution in [1.82, 2.24) is 10.2 Å². The molecule has 0 aliphatic rings. The summed E-state index contributed by atoms with van der Waals surface area (Å²) in [4.78, 5) is 3.43. The van der Waals surface area contributed by atoms with E-state index in [1.165, 1.54) is 0 Å². The number of methoxy groups -OCH3 is 1. The molecule has 1 heterocycles. The molecule has 5 nitrogen and oxygen atoms in total. The van der Waals surface area contributed by atoms with E-state index in [1.807, 2.05) is 0 Å². The average molecular weight is 241 g/mol. The topological polar surface area (TPSA) is 51.5 Å². The minimum Gasteiger partial charge on any atom is -0.502 e. The van der Waals surface area contributed by atoms with Crippen molar-refractivity contribution in [2.45, 2.75) is 0 Å². The van der Waals surface area contributed by atoms with Crippen LogP contribution in [0.4, 0.5) is 5.69 Å². The lowest BCUT2D eigenvalue weighted by Crippen LogP contribution is -2.04. The van der Waals surface area contributed by atoms with Gasteiger partial charge in [-0.25, -0.2) is 4.85 Å². The largest absolute Gasteiger partial charge is 0.502 e. The van der Waals surface area contributed by atoms with Gasteiger partial charge in [0.1, 0.15) is 18.1 Å². The summed E-state index contributed by atoms with van der Waals surface area (Å²) < 4.78 is 10.4. The summed E-state index contributed by atoms with van der Waals surface area (Å²) in [5.74, 6) is 2.98. The molecule has 0 atom stereocenters. The molecule has 0 aliphatic heterocycles. The van der Waals surface area contributed by atoms with Gasteiger partial charge < -0.3 is 9.47 Å². The van der Waals surface area contributed by atoms with E-state index in [0.29, 0.717) is 35.9 Å². The molecule has 1 aromatic carbocycles. The summed E-state index contributed by atoms with van der Waals surface area (Å²) in [6.45, 7) is 8.00. The Kier molecular flexibility index (Phi) is 3.47. The fourth-order valence-corrected chi connectivity index (χ4v) is 1.57. The van der Waals surface area contributed by atoms with Crippen LogP contribution in [-0.2, 0) is 4.74 Å². The van der Waals surface area contributed by atoms with Gasteiger partial charge in [-0.1, -0.05) is 5.92 Å². The van der Waals surface area contributed by atoms with E-state index in [0.717, 1.165) is 5.39 Å². The molecular formula is C13H11N3O2. The monoisotopic (exact) mass is 241 g/mol. The first-order chi connectivity index (χ1) is 8.80. The summed E-state index contributed by atoms with van der Waals surface area (Å²) >= 11 is 0. The van der Waals surface area contributed by atoms with Gasteiger partial charge in [-0.3, -0.25) is 5.10 Å². The number of nitrogens with zero attached hydrogens (tertiary/aromatic N) is 2. The summed E-state index contributed by atoms with van der Waals surface area (Å²) in [5, 5.41) is 7.56. The maximum atomic E-state index is 7.15. The third-order valence-corrected chi connectivity index (χ3v) is 2.44. The van der Waals surface area contributed by atoms with Gasteiger partial charge in [0.15, 0.2) is 0 Å². The van der Waals surface area contributed by atoms with Crippen LogP contribution in [0.1, 0.15) is 5.69 Å². The third-order valence-electron chi connectivity index (χ3n) is 2.44. The Balaban J connectivity index is 2.42. The predicted octanol–water partition coefficient (Wildman–Crippen LogP) is 2.12. The van der Waals surface area contributed by atoms with Crippen LogP contribution in [-0.4, -0.2) is 30.5 Å². The number of benzene rings is 1. The number of rotatable bonds is 4. The van der Waals surface area contributed by atoms with Crippen LogP contribution in [0.3, 0.4) is 0 Å². The van der Waals surface area contributed by atoms with E-state index < -0.39 is 0 Å². The predicted molar refractivity (Wildman–Crippen MR) is 67.7 cm³/mol. The molecule has 0 saturated carbocycles. The van der Waals surface area contributed by atoms with Crippen molar-refractivity contribution >= 4 is 16.6 Å². The zero-order chi connectivity index (χ0) is 13.0. The van der Waals surface area contributed by atoms with Crippen molar-refractivity contribution in [2.24, 2.45) is 0 Å². The second-order valence-corrected chi connectivity index (χ2v) is 3.53. The van der Waals surface area contributed by atoms with Crippen LogP contribution in [0.5, 0.6) is 5.75 Å². The minimum absolute atomic E-state index is 0.386. The number of aromatic amines is 1. The lowest BCUT2D eigenvalue weighted by atomic mass is 10.2.